The Kier molecular flexibility index (Phi) is 4.60. The fourth-order valence-electron chi connectivity index (χ4n) is 1.78. The molecule has 1 aromatic heterocycles. The monoisotopic (exact) mass is 292 g/mol. The van der Waals surface area contributed by atoms with Crippen molar-refractivity contribution in [1.29, 1.82) is 0 Å². The van der Waals surface area contributed by atoms with Crippen molar-refractivity contribution in [3.05, 3.63) is 58.0 Å². The Bertz CT molecular complexity index is 656. The fraction of sp³-hybridized carbons (Fsp3) is 0.231. The quantitative estimate of drug-likeness (QED) is 0.641. The lowest BCUT2D eigenvalue weighted by Crippen LogP contribution is -2.29. The molecule has 110 valence electrons. The summed E-state index contributed by atoms with van der Waals surface area (Å²) >= 11 is 0. The van der Waals surface area contributed by atoms with Gasteiger partial charge in [-0.05, 0) is 23.0 Å². The van der Waals surface area contributed by atoms with Gasteiger partial charge in [0, 0.05) is 6.54 Å². The molecular formula is C13H13FN4O3. The van der Waals surface area contributed by atoms with Crippen LogP contribution in [0, 0.1) is 15.9 Å². The SMILES string of the molecule is O=C(Cn1ccc([N+](=O)[O-])n1)NCCc1ccccc1F. The van der Waals surface area contributed by atoms with Gasteiger partial charge >= 0.3 is 5.82 Å². The molecule has 0 saturated carbocycles. The van der Waals surface area contributed by atoms with Gasteiger partial charge < -0.3 is 15.4 Å². The predicted molar refractivity (Wildman–Crippen MR) is 72.0 cm³/mol. The number of carbonyl (C=O) groups excluding carboxylic acids is 1. The van der Waals surface area contributed by atoms with Crippen LogP contribution in [0.25, 0.3) is 0 Å². The van der Waals surface area contributed by atoms with Gasteiger partial charge in [0.05, 0.1) is 17.4 Å². The summed E-state index contributed by atoms with van der Waals surface area (Å²) in [7, 11) is 0. The van der Waals surface area contributed by atoms with E-state index in [2.05, 4.69) is 10.4 Å². The summed E-state index contributed by atoms with van der Waals surface area (Å²) in [5.41, 5.74) is 0.521. The van der Waals surface area contributed by atoms with Crippen molar-refractivity contribution in [1.82, 2.24) is 15.1 Å². The highest BCUT2D eigenvalue weighted by Crippen LogP contribution is 2.06. The molecule has 1 aromatic carbocycles. The Morgan fingerprint density at radius 1 is 1.38 bits per heavy atom. The number of aromatic nitrogens is 2. The number of carbonyl (C=O) groups is 1. The van der Waals surface area contributed by atoms with Crippen LogP contribution in [0.15, 0.2) is 36.5 Å². The Labute approximate surface area is 119 Å². The van der Waals surface area contributed by atoms with E-state index < -0.39 is 4.92 Å². The van der Waals surface area contributed by atoms with E-state index >= 15 is 0 Å². The molecule has 0 fully saturated rings. The minimum atomic E-state index is -0.632. The number of benzene rings is 1. The molecule has 1 amide bonds. The molecule has 0 unspecified atom stereocenters. The number of amides is 1. The summed E-state index contributed by atoms with van der Waals surface area (Å²) in [6.45, 7) is 0.161. The molecule has 0 bridgehead atoms. The predicted octanol–water partition coefficient (Wildman–Crippen LogP) is 1.29. The summed E-state index contributed by atoms with van der Waals surface area (Å²) in [6, 6.07) is 7.55. The van der Waals surface area contributed by atoms with Crippen LogP contribution in [0.1, 0.15) is 5.56 Å². The van der Waals surface area contributed by atoms with Gasteiger partial charge in [-0.1, -0.05) is 18.2 Å². The number of hydrogen-bond acceptors (Lipinski definition) is 4. The van der Waals surface area contributed by atoms with Crippen LogP contribution >= 0.6 is 0 Å². The number of nitrogens with zero attached hydrogens (tertiary/aromatic N) is 3. The van der Waals surface area contributed by atoms with Crippen LogP contribution in [0.4, 0.5) is 10.2 Å². The zero-order chi connectivity index (χ0) is 15.2. The van der Waals surface area contributed by atoms with Gasteiger partial charge in [-0.2, -0.15) is 4.68 Å². The standard InChI is InChI=1S/C13H13FN4O3/c14-11-4-2-1-3-10(11)5-7-15-13(19)9-17-8-6-12(16-17)18(20)21/h1-4,6,8H,5,7,9H2,(H,15,19). The summed E-state index contributed by atoms with van der Waals surface area (Å²) in [6.07, 6.45) is 1.73. The van der Waals surface area contributed by atoms with Gasteiger partial charge in [0.15, 0.2) is 0 Å². The van der Waals surface area contributed by atoms with Crippen molar-refractivity contribution >= 4 is 11.7 Å². The van der Waals surface area contributed by atoms with Crippen molar-refractivity contribution in [3.8, 4) is 0 Å². The lowest BCUT2D eigenvalue weighted by molar-refractivity contribution is -0.389. The normalized spacial score (nSPS) is 10.3. The topological polar surface area (TPSA) is 90.1 Å². The number of hydrogen-bond donors (Lipinski definition) is 1. The summed E-state index contributed by atoms with van der Waals surface area (Å²) in [5, 5.41) is 16.7. The largest absolute Gasteiger partial charge is 0.389 e. The molecule has 0 aliphatic rings. The van der Waals surface area contributed by atoms with Crippen LogP contribution in [-0.4, -0.2) is 27.2 Å². The number of halogens is 1. The third-order valence-corrected chi connectivity index (χ3v) is 2.79. The third kappa shape index (κ3) is 4.10. The van der Waals surface area contributed by atoms with Crippen molar-refractivity contribution in [3.63, 3.8) is 0 Å². The first-order chi connectivity index (χ1) is 10.1. The maximum absolute atomic E-state index is 13.3. The molecular weight excluding hydrogens is 279 g/mol. The molecule has 8 heteroatoms. The first-order valence-electron chi connectivity index (χ1n) is 6.24. The number of nitrogens with one attached hydrogen (secondary N) is 1. The van der Waals surface area contributed by atoms with E-state index in [0.29, 0.717) is 12.0 Å². The zero-order valence-electron chi connectivity index (χ0n) is 11.0. The Morgan fingerprint density at radius 2 is 2.14 bits per heavy atom. The molecule has 1 N–H and O–H groups in total. The molecule has 0 aliphatic carbocycles. The lowest BCUT2D eigenvalue weighted by Gasteiger charge is -2.05. The van der Waals surface area contributed by atoms with E-state index in [0.717, 1.165) is 0 Å². The Balaban J connectivity index is 1.79. The van der Waals surface area contributed by atoms with E-state index in [1.807, 2.05) is 0 Å². The average Bonchev–Trinajstić information content (AvgIpc) is 2.89. The van der Waals surface area contributed by atoms with E-state index in [4.69, 9.17) is 0 Å². The van der Waals surface area contributed by atoms with Crippen molar-refractivity contribution in [2.24, 2.45) is 0 Å². The highest BCUT2D eigenvalue weighted by atomic mass is 19.1. The van der Waals surface area contributed by atoms with Crippen LogP contribution in [0.3, 0.4) is 0 Å². The van der Waals surface area contributed by atoms with Crippen LogP contribution in [0.2, 0.25) is 0 Å². The van der Waals surface area contributed by atoms with E-state index in [-0.39, 0.29) is 30.6 Å². The van der Waals surface area contributed by atoms with E-state index in [9.17, 15) is 19.3 Å². The number of nitro groups is 1. The van der Waals surface area contributed by atoms with E-state index in [1.165, 1.54) is 23.0 Å². The molecule has 0 radical (unpaired) electrons. The summed E-state index contributed by atoms with van der Waals surface area (Å²) < 4.78 is 14.5. The first-order valence-corrected chi connectivity index (χ1v) is 6.24. The molecule has 2 aromatic rings. The molecule has 0 atom stereocenters. The molecule has 1 heterocycles. The average molecular weight is 292 g/mol. The Morgan fingerprint density at radius 3 is 2.81 bits per heavy atom. The first kappa shape index (κ1) is 14.6. The fourth-order valence-corrected chi connectivity index (χ4v) is 1.78. The van der Waals surface area contributed by atoms with E-state index in [1.54, 1.807) is 18.2 Å². The van der Waals surface area contributed by atoms with Gasteiger partial charge in [-0.3, -0.25) is 4.79 Å². The molecule has 0 spiro atoms. The summed E-state index contributed by atoms with van der Waals surface area (Å²) in [4.78, 5) is 21.5. The van der Waals surface area contributed by atoms with Gasteiger partial charge in [0.2, 0.25) is 5.91 Å². The van der Waals surface area contributed by atoms with Crippen LogP contribution in [-0.2, 0) is 17.8 Å². The van der Waals surface area contributed by atoms with Gasteiger partial charge in [0.1, 0.15) is 12.4 Å². The Hall–Kier alpha value is -2.77. The van der Waals surface area contributed by atoms with Crippen LogP contribution in [0.5, 0.6) is 0 Å². The minimum Gasteiger partial charge on any atom is -0.358 e. The zero-order valence-corrected chi connectivity index (χ0v) is 11.0. The second-order valence-electron chi connectivity index (χ2n) is 4.32. The molecule has 0 aliphatic heterocycles. The van der Waals surface area contributed by atoms with Crippen molar-refractivity contribution in [2.75, 3.05) is 6.54 Å². The minimum absolute atomic E-state index is 0.120. The van der Waals surface area contributed by atoms with Crippen LogP contribution < -0.4 is 5.32 Å². The smallest absolute Gasteiger partial charge is 0.358 e. The van der Waals surface area contributed by atoms with Gasteiger partial charge in [-0.25, -0.2) is 4.39 Å². The molecule has 7 nitrogen and oxygen atoms in total. The van der Waals surface area contributed by atoms with Crippen molar-refractivity contribution < 1.29 is 14.1 Å². The second-order valence-corrected chi connectivity index (χ2v) is 4.32. The number of rotatable bonds is 6. The molecule has 21 heavy (non-hydrogen) atoms. The summed E-state index contributed by atoms with van der Waals surface area (Å²) in [5.74, 6) is -0.965. The molecule has 2 rings (SSSR count). The second kappa shape index (κ2) is 6.60. The molecule has 0 saturated heterocycles. The maximum atomic E-state index is 13.3. The van der Waals surface area contributed by atoms with Gasteiger partial charge in [-0.15, -0.1) is 0 Å². The highest BCUT2D eigenvalue weighted by molar-refractivity contribution is 5.75. The third-order valence-electron chi connectivity index (χ3n) is 2.79. The highest BCUT2D eigenvalue weighted by Gasteiger charge is 2.13. The lowest BCUT2D eigenvalue weighted by atomic mass is 10.1. The van der Waals surface area contributed by atoms with Crippen molar-refractivity contribution in [2.45, 2.75) is 13.0 Å². The van der Waals surface area contributed by atoms with Gasteiger partial charge in [0.25, 0.3) is 0 Å². The maximum Gasteiger partial charge on any atom is 0.389 e.